The zero-order chi connectivity index (χ0) is 15.1. The van der Waals surface area contributed by atoms with Gasteiger partial charge in [0.15, 0.2) is 7.38 Å². The molecule has 0 aliphatic rings. The molecule has 1 atom stereocenters. The van der Waals surface area contributed by atoms with E-state index in [0.717, 1.165) is 19.3 Å². The molecule has 0 amide bonds. The molecule has 0 aromatic heterocycles. The van der Waals surface area contributed by atoms with Crippen LogP contribution in [0.1, 0.15) is 84.0 Å². The molecule has 122 valence electrons. The average Bonchev–Trinajstić information content (AvgIpc) is 2.41. The van der Waals surface area contributed by atoms with Gasteiger partial charge >= 0.3 is 0 Å². The van der Waals surface area contributed by atoms with E-state index in [1.54, 1.807) is 0 Å². The van der Waals surface area contributed by atoms with Gasteiger partial charge in [0.05, 0.1) is 6.67 Å². The van der Waals surface area contributed by atoms with Gasteiger partial charge in [-0.25, -0.2) is 0 Å². The zero-order valence-electron chi connectivity index (χ0n) is 13.9. The molecule has 0 N–H and O–H groups in total. The van der Waals surface area contributed by atoms with E-state index in [0.29, 0.717) is 0 Å². The molecule has 0 nitrogen and oxygen atoms in total. The third kappa shape index (κ3) is 14.8. The van der Waals surface area contributed by atoms with Gasteiger partial charge in [-0.2, -0.15) is 11.1 Å². The maximum atomic E-state index is 12.0. The van der Waals surface area contributed by atoms with Crippen LogP contribution in [0.15, 0.2) is 0 Å². The molecule has 0 heterocycles. The Kier molecular flexibility index (Phi) is 14.7. The third-order valence-corrected chi connectivity index (χ3v) is 8.06. The van der Waals surface area contributed by atoms with Gasteiger partial charge in [0.25, 0.3) is 0 Å². The second kappa shape index (κ2) is 14.4. The Morgan fingerprint density at radius 1 is 0.700 bits per heavy atom. The molecule has 0 bridgehead atoms. The first-order valence-corrected chi connectivity index (χ1v) is 12.8. The minimum absolute atomic E-state index is 0.159. The fourth-order valence-electron chi connectivity index (χ4n) is 2.69. The van der Waals surface area contributed by atoms with Crippen molar-refractivity contribution >= 4 is 18.5 Å². The number of unbranched alkanes of at least 4 members (excludes halogenated alkanes) is 10. The van der Waals surface area contributed by atoms with E-state index in [1.165, 1.54) is 69.9 Å². The fourth-order valence-corrected chi connectivity index (χ4v) is 5.72. The van der Waals surface area contributed by atoms with Crippen molar-refractivity contribution in [2.24, 2.45) is 0 Å². The lowest BCUT2D eigenvalue weighted by atomic mass is 10.1. The van der Waals surface area contributed by atoms with Gasteiger partial charge in [-0.3, -0.25) is 4.39 Å². The molecule has 1 unspecified atom stereocenters. The summed E-state index contributed by atoms with van der Waals surface area (Å²) in [5.41, 5.74) is 0. The highest BCUT2D eigenvalue weighted by atomic mass is 35.6. The Labute approximate surface area is 132 Å². The summed E-state index contributed by atoms with van der Waals surface area (Å²) in [4.78, 5) is 0. The number of hydrogen-bond donors (Lipinski definition) is 0. The molecule has 0 aliphatic heterocycles. The van der Waals surface area contributed by atoms with E-state index in [-0.39, 0.29) is 6.67 Å². The van der Waals surface area contributed by atoms with E-state index in [2.05, 4.69) is 13.5 Å². The maximum Gasteiger partial charge on any atom is 0.153 e. The summed E-state index contributed by atoms with van der Waals surface area (Å²) >= 11 is 6.70. The highest BCUT2D eigenvalue weighted by Crippen LogP contribution is 2.26. The van der Waals surface area contributed by atoms with Crippen LogP contribution in [0.25, 0.3) is 0 Å². The summed E-state index contributed by atoms with van der Waals surface area (Å²) in [5, 5.41) is 0. The first-order valence-electron chi connectivity index (χ1n) is 8.87. The van der Waals surface area contributed by atoms with Gasteiger partial charge in [0.2, 0.25) is 0 Å². The molecular weight excluding hydrogens is 287 g/mol. The highest BCUT2D eigenvalue weighted by Gasteiger charge is 2.22. The van der Waals surface area contributed by atoms with Crippen molar-refractivity contribution in [2.75, 3.05) is 6.67 Å². The number of alkyl halides is 1. The quantitative estimate of drug-likeness (QED) is 0.166. The fraction of sp³-hybridized carbons (Fsp3) is 1.00. The van der Waals surface area contributed by atoms with Crippen LogP contribution in [-0.4, -0.2) is 14.1 Å². The number of hydrogen-bond acceptors (Lipinski definition) is 0. The predicted octanol–water partition coefficient (Wildman–Crippen LogP) is 7.47. The van der Waals surface area contributed by atoms with Crippen LogP contribution in [0.2, 0.25) is 18.6 Å². The SMILES string of the molecule is CCCCCCCCCC[Si](C)(Cl)CCCCCCF. The average molecular weight is 323 g/mol. The summed E-state index contributed by atoms with van der Waals surface area (Å²) in [6.07, 6.45) is 15.2. The van der Waals surface area contributed by atoms with Crippen molar-refractivity contribution in [3.63, 3.8) is 0 Å². The van der Waals surface area contributed by atoms with Gasteiger partial charge in [-0.05, 0) is 18.5 Å². The molecule has 0 aromatic rings. The van der Waals surface area contributed by atoms with Crippen molar-refractivity contribution in [3.8, 4) is 0 Å². The Hall–Kier alpha value is 0.437. The van der Waals surface area contributed by atoms with Crippen LogP contribution in [0.4, 0.5) is 4.39 Å². The lowest BCUT2D eigenvalue weighted by Crippen LogP contribution is -2.21. The Morgan fingerprint density at radius 3 is 1.55 bits per heavy atom. The number of rotatable bonds is 15. The molecule has 0 spiro atoms. The normalized spacial score (nSPS) is 14.4. The van der Waals surface area contributed by atoms with Gasteiger partial charge in [0.1, 0.15) is 0 Å². The van der Waals surface area contributed by atoms with Crippen molar-refractivity contribution < 1.29 is 4.39 Å². The Bertz CT molecular complexity index is 197. The van der Waals surface area contributed by atoms with E-state index >= 15 is 0 Å². The summed E-state index contributed by atoms with van der Waals surface area (Å²) in [5.74, 6) is 0. The highest BCUT2D eigenvalue weighted by molar-refractivity contribution is 7.19. The third-order valence-electron chi connectivity index (χ3n) is 4.13. The topological polar surface area (TPSA) is 0 Å². The molecule has 0 fully saturated rings. The predicted molar refractivity (Wildman–Crippen MR) is 94.1 cm³/mol. The lowest BCUT2D eigenvalue weighted by Gasteiger charge is -2.19. The van der Waals surface area contributed by atoms with Gasteiger partial charge in [-0.1, -0.05) is 84.1 Å². The summed E-state index contributed by atoms with van der Waals surface area (Å²) in [6.45, 7) is 4.42. The minimum atomic E-state index is -1.47. The smallest absolute Gasteiger partial charge is 0.153 e. The summed E-state index contributed by atoms with van der Waals surface area (Å²) < 4.78 is 12.0. The van der Waals surface area contributed by atoms with Crippen molar-refractivity contribution in [1.82, 2.24) is 0 Å². The van der Waals surface area contributed by atoms with Crippen LogP contribution in [0.3, 0.4) is 0 Å². The van der Waals surface area contributed by atoms with Crippen LogP contribution in [0, 0.1) is 0 Å². The molecule has 0 radical (unpaired) electrons. The first-order chi connectivity index (χ1) is 9.62. The monoisotopic (exact) mass is 322 g/mol. The molecule has 0 rings (SSSR count). The van der Waals surface area contributed by atoms with E-state index in [4.69, 9.17) is 11.1 Å². The molecular formula is C17H36ClFSi. The molecule has 3 heteroatoms. The second-order valence-corrected chi connectivity index (χ2v) is 13.1. The van der Waals surface area contributed by atoms with E-state index in [1.807, 2.05) is 0 Å². The van der Waals surface area contributed by atoms with Gasteiger partial charge in [0, 0.05) is 0 Å². The van der Waals surface area contributed by atoms with Crippen LogP contribution < -0.4 is 0 Å². The second-order valence-electron chi connectivity index (χ2n) is 6.49. The Morgan fingerprint density at radius 2 is 1.10 bits per heavy atom. The van der Waals surface area contributed by atoms with Crippen LogP contribution >= 0.6 is 11.1 Å². The van der Waals surface area contributed by atoms with E-state index < -0.39 is 7.38 Å². The molecule has 0 aromatic carbocycles. The largest absolute Gasteiger partial charge is 0.251 e. The number of halogens is 2. The minimum Gasteiger partial charge on any atom is -0.251 e. The lowest BCUT2D eigenvalue weighted by molar-refractivity contribution is 0.455. The van der Waals surface area contributed by atoms with Crippen molar-refractivity contribution in [1.29, 1.82) is 0 Å². The maximum absolute atomic E-state index is 12.0. The Balaban J connectivity index is 3.33. The van der Waals surface area contributed by atoms with Crippen molar-refractivity contribution in [3.05, 3.63) is 0 Å². The van der Waals surface area contributed by atoms with Crippen LogP contribution in [0.5, 0.6) is 0 Å². The van der Waals surface area contributed by atoms with Gasteiger partial charge in [-0.15, -0.1) is 0 Å². The zero-order valence-corrected chi connectivity index (χ0v) is 15.6. The van der Waals surface area contributed by atoms with Gasteiger partial charge < -0.3 is 0 Å². The van der Waals surface area contributed by atoms with Crippen LogP contribution in [-0.2, 0) is 0 Å². The molecule has 0 saturated heterocycles. The molecule has 0 saturated carbocycles. The molecule has 0 aliphatic carbocycles. The van der Waals surface area contributed by atoms with E-state index in [9.17, 15) is 4.39 Å². The summed E-state index contributed by atoms with van der Waals surface area (Å²) in [6, 6.07) is 2.49. The summed E-state index contributed by atoms with van der Waals surface area (Å²) in [7, 11) is -1.47. The van der Waals surface area contributed by atoms with Crippen molar-refractivity contribution in [2.45, 2.75) is 103 Å². The standard InChI is InChI=1S/C17H36ClFSi/c1-3-4-5-6-7-8-10-13-16-20(2,18)17-14-11-9-12-15-19/h3-17H2,1-2H3. The molecule has 20 heavy (non-hydrogen) atoms. The first kappa shape index (κ1) is 20.4.